The first-order valence-corrected chi connectivity index (χ1v) is 8.65. The Morgan fingerprint density at radius 1 is 1.08 bits per heavy atom. The van der Waals surface area contributed by atoms with Crippen LogP contribution in [0.25, 0.3) is 0 Å². The van der Waals surface area contributed by atoms with Crippen molar-refractivity contribution < 1.29 is 9.59 Å². The number of carbonyl (C=O) groups is 2. The molecule has 26 heavy (non-hydrogen) atoms. The molecule has 3 rings (SSSR count). The number of aryl methyl sites for hydroxylation is 2. The Bertz CT molecular complexity index is 904. The third kappa shape index (κ3) is 3.73. The molecule has 6 heteroatoms. The number of carbonyl (C=O) groups excluding carboxylic acids is 2. The molecule has 1 unspecified atom stereocenters. The van der Waals surface area contributed by atoms with Crippen molar-refractivity contribution >= 4 is 29.2 Å². The molecule has 0 saturated heterocycles. The fourth-order valence-electron chi connectivity index (χ4n) is 2.96. The Morgan fingerprint density at radius 2 is 1.77 bits per heavy atom. The van der Waals surface area contributed by atoms with E-state index >= 15 is 0 Å². The first-order chi connectivity index (χ1) is 12.3. The van der Waals surface area contributed by atoms with Gasteiger partial charge in [-0.25, -0.2) is 4.79 Å². The van der Waals surface area contributed by atoms with Gasteiger partial charge < -0.3 is 16.0 Å². The number of nitrogens with one attached hydrogen (secondary N) is 3. The van der Waals surface area contributed by atoms with E-state index in [4.69, 9.17) is 11.6 Å². The van der Waals surface area contributed by atoms with Crippen molar-refractivity contribution in [2.45, 2.75) is 26.8 Å². The zero-order valence-corrected chi connectivity index (χ0v) is 15.6. The number of allylic oxidation sites excluding steroid dienone is 1. The van der Waals surface area contributed by atoms with Gasteiger partial charge in [0.2, 0.25) is 0 Å². The van der Waals surface area contributed by atoms with E-state index in [1.165, 1.54) is 0 Å². The Labute approximate surface area is 157 Å². The van der Waals surface area contributed by atoms with Gasteiger partial charge in [0.15, 0.2) is 0 Å². The predicted molar refractivity (Wildman–Crippen MR) is 103 cm³/mol. The van der Waals surface area contributed by atoms with E-state index in [2.05, 4.69) is 16.0 Å². The van der Waals surface area contributed by atoms with E-state index < -0.39 is 6.04 Å². The van der Waals surface area contributed by atoms with Crippen LogP contribution < -0.4 is 16.0 Å². The lowest BCUT2D eigenvalue weighted by atomic mass is 9.94. The molecule has 0 aliphatic carbocycles. The lowest BCUT2D eigenvalue weighted by Gasteiger charge is -2.29. The molecule has 3 amide bonds. The Morgan fingerprint density at radius 3 is 2.46 bits per heavy atom. The summed E-state index contributed by atoms with van der Waals surface area (Å²) in [5, 5.41) is 9.05. The van der Waals surface area contributed by atoms with E-state index in [0.29, 0.717) is 16.3 Å². The van der Waals surface area contributed by atoms with Gasteiger partial charge in [0.25, 0.3) is 5.91 Å². The molecule has 0 bridgehead atoms. The van der Waals surface area contributed by atoms with Crippen molar-refractivity contribution in [3.8, 4) is 0 Å². The number of hydrogen-bond donors (Lipinski definition) is 3. The molecule has 2 aromatic rings. The van der Waals surface area contributed by atoms with Crippen molar-refractivity contribution in [3.05, 3.63) is 75.4 Å². The number of amides is 3. The van der Waals surface area contributed by atoms with Crippen LogP contribution in [0.2, 0.25) is 5.02 Å². The Hall–Kier alpha value is -2.79. The number of rotatable bonds is 3. The van der Waals surface area contributed by atoms with Gasteiger partial charge in [-0.1, -0.05) is 35.9 Å². The molecule has 1 heterocycles. The fourth-order valence-corrected chi connectivity index (χ4v) is 3.09. The highest BCUT2D eigenvalue weighted by atomic mass is 35.5. The van der Waals surface area contributed by atoms with Crippen LogP contribution in [0.4, 0.5) is 10.5 Å². The van der Waals surface area contributed by atoms with Crippen molar-refractivity contribution in [1.29, 1.82) is 0 Å². The number of anilines is 1. The van der Waals surface area contributed by atoms with Crippen LogP contribution in [-0.2, 0) is 4.79 Å². The van der Waals surface area contributed by atoms with Gasteiger partial charge in [-0.05, 0) is 55.7 Å². The first-order valence-electron chi connectivity index (χ1n) is 8.27. The van der Waals surface area contributed by atoms with Gasteiger partial charge in [0, 0.05) is 16.4 Å². The number of halogens is 1. The summed E-state index contributed by atoms with van der Waals surface area (Å²) in [5.74, 6) is -0.261. The van der Waals surface area contributed by atoms with Crippen LogP contribution in [-0.4, -0.2) is 11.9 Å². The average Bonchev–Trinajstić information content (AvgIpc) is 2.58. The molecule has 0 aromatic heterocycles. The van der Waals surface area contributed by atoms with Crippen molar-refractivity contribution in [2.75, 3.05) is 5.32 Å². The summed E-state index contributed by atoms with van der Waals surface area (Å²) in [4.78, 5) is 24.9. The average molecular weight is 370 g/mol. The second-order valence-corrected chi connectivity index (χ2v) is 6.83. The minimum Gasteiger partial charge on any atom is -0.327 e. The minimum absolute atomic E-state index is 0.261. The van der Waals surface area contributed by atoms with Crippen LogP contribution in [0.3, 0.4) is 0 Å². The molecule has 1 atom stereocenters. The van der Waals surface area contributed by atoms with E-state index in [1.54, 1.807) is 31.2 Å². The van der Waals surface area contributed by atoms with Crippen molar-refractivity contribution in [3.63, 3.8) is 0 Å². The summed E-state index contributed by atoms with van der Waals surface area (Å²) in [5.41, 5.74) is 4.56. The second kappa shape index (κ2) is 7.22. The number of urea groups is 1. The monoisotopic (exact) mass is 369 g/mol. The normalized spacial score (nSPS) is 16.8. The summed E-state index contributed by atoms with van der Waals surface area (Å²) in [6.45, 7) is 5.63. The van der Waals surface area contributed by atoms with E-state index in [0.717, 1.165) is 22.4 Å². The Balaban J connectivity index is 1.96. The third-order valence-corrected chi connectivity index (χ3v) is 4.61. The molecule has 0 fully saturated rings. The maximum absolute atomic E-state index is 13.0. The number of benzene rings is 2. The van der Waals surface area contributed by atoms with Gasteiger partial charge in [-0.15, -0.1) is 0 Å². The van der Waals surface area contributed by atoms with E-state index in [1.807, 2.05) is 32.0 Å². The highest BCUT2D eigenvalue weighted by Crippen LogP contribution is 2.29. The summed E-state index contributed by atoms with van der Waals surface area (Å²) in [6, 6.07) is 12.1. The molecule has 5 nitrogen and oxygen atoms in total. The van der Waals surface area contributed by atoms with Gasteiger partial charge in [-0.2, -0.15) is 0 Å². The second-order valence-electron chi connectivity index (χ2n) is 6.39. The minimum atomic E-state index is -0.550. The third-order valence-electron chi connectivity index (χ3n) is 4.36. The highest BCUT2D eigenvalue weighted by molar-refractivity contribution is 6.30. The topological polar surface area (TPSA) is 70.2 Å². The molecule has 0 spiro atoms. The SMILES string of the molecule is CC1=C(C(=O)Nc2cc(C)ccc2C)C(c2ccc(Cl)cc2)NC(=O)N1. The van der Waals surface area contributed by atoms with Crippen LogP contribution >= 0.6 is 11.6 Å². The van der Waals surface area contributed by atoms with Crippen LogP contribution in [0.15, 0.2) is 53.7 Å². The fraction of sp³-hybridized carbons (Fsp3) is 0.200. The molecule has 134 valence electrons. The van der Waals surface area contributed by atoms with E-state index in [9.17, 15) is 9.59 Å². The zero-order valence-electron chi connectivity index (χ0n) is 14.8. The summed E-state index contributed by atoms with van der Waals surface area (Å²) in [6.07, 6.45) is 0. The number of hydrogen-bond acceptors (Lipinski definition) is 2. The van der Waals surface area contributed by atoms with Crippen LogP contribution in [0, 0.1) is 13.8 Å². The molecule has 3 N–H and O–H groups in total. The van der Waals surface area contributed by atoms with Gasteiger partial charge in [0.05, 0.1) is 11.6 Å². The maximum atomic E-state index is 13.0. The molecule has 1 aliphatic heterocycles. The van der Waals surface area contributed by atoms with Crippen LogP contribution in [0.1, 0.15) is 29.7 Å². The van der Waals surface area contributed by atoms with Crippen molar-refractivity contribution in [1.82, 2.24) is 10.6 Å². The summed E-state index contributed by atoms with van der Waals surface area (Å²) >= 11 is 5.96. The lowest BCUT2D eigenvalue weighted by molar-refractivity contribution is -0.113. The van der Waals surface area contributed by atoms with E-state index in [-0.39, 0.29) is 11.9 Å². The highest BCUT2D eigenvalue weighted by Gasteiger charge is 2.31. The lowest BCUT2D eigenvalue weighted by Crippen LogP contribution is -2.46. The molecular formula is C20H20ClN3O2. The molecule has 2 aromatic carbocycles. The van der Waals surface area contributed by atoms with Gasteiger partial charge >= 0.3 is 6.03 Å². The molecular weight excluding hydrogens is 350 g/mol. The largest absolute Gasteiger partial charge is 0.327 e. The van der Waals surface area contributed by atoms with Gasteiger partial charge in [-0.3, -0.25) is 4.79 Å². The quantitative estimate of drug-likeness (QED) is 0.757. The standard InChI is InChI=1S/C20H20ClN3O2/c1-11-4-5-12(2)16(10-11)23-19(25)17-13(3)22-20(26)24-18(17)14-6-8-15(21)9-7-14/h4-10,18H,1-3H3,(H,23,25)(H2,22,24,26). The Kier molecular flexibility index (Phi) is 5.00. The summed E-state index contributed by atoms with van der Waals surface area (Å²) in [7, 11) is 0. The first kappa shape index (κ1) is 18.0. The molecule has 0 radical (unpaired) electrons. The maximum Gasteiger partial charge on any atom is 0.319 e. The van der Waals surface area contributed by atoms with Gasteiger partial charge in [0.1, 0.15) is 0 Å². The van der Waals surface area contributed by atoms with Crippen molar-refractivity contribution in [2.24, 2.45) is 0 Å². The summed E-state index contributed by atoms with van der Waals surface area (Å²) < 4.78 is 0. The van der Waals surface area contributed by atoms with Crippen LogP contribution in [0.5, 0.6) is 0 Å². The zero-order chi connectivity index (χ0) is 18.8. The predicted octanol–water partition coefficient (Wildman–Crippen LogP) is 4.22. The smallest absolute Gasteiger partial charge is 0.319 e. The molecule has 0 saturated carbocycles. The molecule has 1 aliphatic rings.